The molecule has 0 aromatic heterocycles. The second kappa shape index (κ2) is 8.37. The number of nitrogens with zero attached hydrogens (tertiary/aromatic N) is 1. The van der Waals surface area contributed by atoms with E-state index in [1.807, 2.05) is 0 Å². The van der Waals surface area contributed by atoms with Gasteiger partial charge in [0.2, 0.25) is 0 Å². The summed E-state index contributed by atoms with van der Waals surface area (Å²) in [5.41, 5.74) is -3.62. The average Bonchev–Trinajstić information content (AvgIpc) is 2.81. The number of hydrogen-bond donors (Lipinski definition) is 1. The molecule has 1 heterocycles. The van der Waals surface area contributed by atoms with Crippen LogP contribution < -0.4 is 5.73 Å². The Hall–Kier alpha value is -1.50. The molecule has 0 aliphatic carbocycles. The highest BCUT2D eigenvalue weighted by atomic mass is 35.5. The molecule has 4 nitrogen and oxygen atoms in total. The second-order valence-electron chi connectivity index (χ2n) is 7.96. The van der Waals surface area contributed by atoms with Gasteiger partial charge >= 0.3 is 25.1 Å². The topological polar surface area (TPSA) is 56.8 Å². The first-order valence-corrected chi connectivity index (χ1v) is 9.67. The summed E-state index contributed by atoms with van der Waals surface area (Å²) < 4.78 is 104. The highest BCUT2D eigenvalue weighted by Crippen LogP contribution is 2.54. The summed E-state index contributed by atoms with van der Waals surface area (Å²) in [6.45, 7) is 7.09. The van der Waals surface area contributed by atoms with Crippen molar-refractivity contribution in [1.82, 2.24) is 0 Å². The molecule has 0 saturated carbocycles. The van der Waals surface area contributed by atoms with Gasteiger partial charge in [-0.3, -0.25) is 4.99 Å². The first kappa shape index (κ1) is 26.8. The summed E-state index contributed by atoms with van der Waals surface area (Å²) in [7, 11) is -0.973. The van der Waals surface area contributed by atoms with E-state index in [1.165, 1.54) is 0 Å². The largest absolute Gasteiger partial charge is 0.497 e. The number of halogens is 9. The van der Waals surface area contributed by atoms with E-state index in [2.05, 4.69) is 4.99 Å². The van der Waals surface area contributed by atoms with Crippen LogP contribution in [-0.4, -0.2) is 36.9 Å². The summed E-state index contributed by atoms with van der Waals surface area (Å²) in [4.78, 5) is 3.88. The van der Waals surface area contributed by atoms with Crippen molar-refractivity contribution in [2.24, 2.45) is 10.7 Å². The number of aliphatic imine (C=N–C) groups is 1. The Balaban J connectivity index is 2.44. The predicted molar refractivity (Wildman–Crippen MR) is 108 cm³/mol. The molecule has 0 bridgehead atoms. The van der Waals surface area contributed by atoms with Crippen molar-refractivity contribution in [3.8, 4) is 0 Å². The normalized spacial score (nSPS) is 19.8. The lowest BCUT2D eigenvalue weighted by molar-refractivity contribution is -0.348. The Morgan fingerprint density at radius 3 is 1.69 bits per heavy atom. The lowest BCUT2D eigenvalue weighted by Gasteiger charge is -2.32. The molecule has 2 N–H and O–H groups in total. The maximum absolute atomic E-state index is 14.3. The monoisotopic (exact) mass is 508 g/mol. The molecule has 1 aliphatic rings. The molecular weight excluding hydrogens is 491 g/mol. The second-order valence-corrected chi connectivity index (χ2v) is 8.77. The van der Waals surface area contributed by atoms with E-state index in [4.69, 9.17) is 38.2 Å². The van der Waals surface area contributed by atoms with Crippen LogP contribution in [0, 0.1) is 0 Å². The van der Waals surface area contributed by atoms with Crippen LogP contribution in [0.5, 0.6) is 0 Å². The zero-order valence-electron chi connectivity index (χ0n) is 17.1. The molecule has 0 radical (unpaired) electrons. The molecule has 1 aromatic rings. The molecule has 178 valence electrons. The molecule has 1 aliphatic heterocycles. The summed E-state index contributed by atoms with van der Waals surface area (Å²) in [5.74, 6) is 0. The number of benzene rings is 1. The fourth-order valence-electron chi connectivity index (χ4n) is 2.68. The quantitative estimate of drug-likeness (QED) is 0.288. The molecule has 0 spiro atoms. The summed E-state index contributed by atoms with van der Waals surface area (Å²) in [6.07, 6.45) is -10.5. The molecule has 0 amide bonds. The van der Waals surface area contributed by atoms with Crippen LogP contribution in [0.2, 0.25) is 10.0 Å². The van der Waals surface area contributed by atoms with Crippen LogP contribution in [-0.2, 0) is 15.0 Å². The molecule has 14 heteroatoms. The van der Waals surface area contributed by atoms with Crippen LogP contribution in [0.1, 0.15) is 33.3 Å². The van der Waals surface area contributed by atoms with Crippen molar-refractivity contribution in [2.45, 2.75) is 56.9 Å². The zero-order chi connectivity index (χ0) is 24.9. The van der Waals surface area contributed by atoms with Gasteiger partial charge in [-0.1, -0.05) is 23.2 Å². The smallest absolute Gasteiger partial charge is 0.405 e. The maximum Gasteiger partial charge on any atom is 0.497 e. The maximum atomic E-state index is 14.3. The van der Waals surface area contributed by atoms with Gasteiger partial charge in [0.25, 0.3) is 0 Å². The van der Waals surface area contributed by atoms with Crippen molar-refractivity contribution >= 4 is 42.2 Å². The van der Waals surface area contributed by atoms with Crippen molar-refractivity contribution in [2.75, 3.05) is 0 Å². The Morgan fingerprint density at radius 2 is 1.34 bits per heavy atom. The van der Waals surface area contributed by atoms with Gasteiger partial charge in [0.15, 0.2) is 0 Å². The minimum Gasteiger partial charge on any atom is -0.405 e. The van der Waals surface area contributed by atoms with Gasteiger partial charge < -0.3 is 15.0 Å². The number of alkyl halides is 7. The Kier molecular flexibility index (Phi) is 7.00. The van der Waals surface area contributed by atoms with Crippen molar-refractivity contribution in [1.29, 1.82) is 0 Å². The lowest BCUT2D eigenvalue weighted by atomic mass is 9.79. The van der Waals surface area contributed by atoms with E-state index in [1.54, 1.807) is 27.7 Å². The molecule has 32 heavy (non-hydrogen) atoms. The number of allylic oxidation sites excluding steroid dienone is 1. The third-order valence-electron chi connectivity index (χ3n) is 5.26. The van der Waals surface area contributed by atoms with Crippen LogP contribution in [0.15, 0.2) is 28.8 Å². The fraction of sp³-hybridized carbons (Fsp3) is 0.500. The van der Waals surface area contributed by atoms with Gasteiger partial charge in [0.1, 0.15) is 5.69 Å². The minimum atomic E-state index is -6.31. The average molecular weight is 509 g/mol. The Bertz CT molecular complexity index is 893. The van der Waals surface area contributed by atoms with Crippen molar-refractivity contribution < 1.29 is 40.0 Å². The van der Waals surface area contributed by atoms with E-state index in [0.29, 0.717) is 0 Å². The van der Waals surface area contributed by atoms with Crippen molar-refractivity contribution in [3.05, 3.63) is 39.4 Å². The van der Waals surface area contributed by atoms with E-state index < -0.39 is 57.6 Å². The minimum absolute atomic E-state index is 0.168. The van der Waals surface area contributed by atoms with Gasteiger partial charge in [-0.25, -0.2) is 4.39 Å². The molecule has 1 saturated heterocycles. The van der Waals surface area contributed by atoms with Gasteiger partial charge in [-0.2, -0.15) is 26.3 Å². The number of hydrogen-bond acceptors (Lipinski definition) is 4. The van der Waals surface area contributed by atoms with Crippen LogP contribution in [0.25, 0.3) is 0 Å². The molecule has 1 aromatic carbocycles. The molecule has 0 unspecified atom stereocenters. The summed E-state index contributed by atoms with van der Waals surface area (Å²) in [5, 5.41) is -1.49. The molecule has 2 rings (SSSR count). The fourth-order valence-corrected chi connectivity index (χ4v) is 3.26. The summed E-state index contributed by atoms with van der Waals surface area (Å²) in [6, 6.07) is 0.337. The molecule has 0 atom stereocenters. The van der Waals surface area contributed by atoms with Crippen LogP contribution in [0.4, 0.5) is 36.4 Å². The van der Waals surface area contributed by atoms with E-state index in [-0.39, 0.29) is 17.6 Å². The highest BCUT2D eigenvalue weighted by Gasteiger charge is 2.73. The van der Waals surface area contributed by atoms with E-state index in [9.17, 15) is 30.7 Å². The SMILES string of the molecule is CC1(C)OB(C(C=Nc2c(Cl)cc(C(F)(C(F)(F)F)C(F)(F)F)cc2Cl)=CN)OC1(C)C. The first-order valence-electron chi connectivity index (χ1n) is 8.92. The van der Waals surface area contributed by atoms with Crippen LogP contribution >= 0.6 is 23.2 Å². The third kappa shape index (κ3) is 4.60. The molecular formula is C18H18BCl2F7N2O2. The van der Waals surface area contributed by atoms with E-state index >= 15 is 0 Å². The Morgan fingerprint density at radius 1 is 0.938 bits per heavy atom. The van der Waals surface area contributed by atoms with Crippen molar-refractivity contribution in [3.63, 3.8) is 0 Å². The highest BCUT2D eigenvalue weighted by molar-refractivity contribution is 6.60. The van der Waals surface area contributed by atoms with Gasteiger partial charge in [-0.15, -0.1) is 0 Å². The summed E-state index contributed by atoms with van der Waals surface area (Å²) >= 11 is 11.6. The van der Waals surface area contributed by atoms with Gasteiger partial charge in [-0.05, 0) is 46.0 Å². The lowest BCUT2D eigenvalue weighted by Crippen LogP contribution is -2.50. The Labute approximate surface area is 189 Å². The third-order valence-corrected chi connectivity index (χ3v) is 5.83. The number of rotatable bonds is 4. The van der Waals surface area contributed by atoms with Crippen LogP contribution in [0.3, 0.4) is 0 Å². The predicted octanol–water partition coefficient (Wildman–Crippen LogP) is 6.46. The van der Waals surface area contributed by atoms with E-state index in [0.717, 1.165) is 12.4 Å². The zero-order valence-corrected chi connectivity index (χ0v) is 18.6. The van der Waals surface area contributed by atoms with Gasteiger partial charge in [0.05, 0.1) is 21.2 Å². The molecule has 1 fully saturated rings. The number of nitrogens with two attached hydrogens (primary N) is 1. The first-order chi connectivity index (χ1) is 14.3. The van der Waals surface area contributed by atoms with Gasteiger partial charge in [0, 0.05) is 17.3 Å². The standard InChI is InChI=1S/C18H18BCl2F7N2O2/c1-14(2)15(3,4)32-19(31-14)10(7-29)8-30-13-11(20)5-9(6-12(13)21)16(22,17(23,24)25)18(26,27)28/h5-8H,29H2,1-4H3.